The normalized spacial score (nSPS) is 18.4. The number of likely N-dealkylation sites (tertiary alicyclic amines) is 1. The predicted octanol–water partition coefficient (Wildman–Crippen LogP) is 0.896. The lowest BCUT2D eigenvalue weighted by atomic mass is 9.92. The molecule has 3 heterocycles. The molecule has 22 heavy (non-hydrogen) atoms. The van der Waals surface area contributed by atoms with Gasteiger partial charge in [0.25, 0.3) is 11.5 Å². The van der Waals surface area contributed by atoms with Crippen LogP contribution in [0.25, 0.3) is 0 Å². The SMILES string of the molecule is Cc1cn[nH]c1C[C@@H]1CCCN(C(=O)c2ccc(=O)[nH]n2)C1. The Kier molecular flexibility index (Phi) is 4.04. The van der Waals surface area contributed by atoms with Crippen molar-refractivity contribution >= 4 is 5.91 Å². The van der Waals surface area contributed by atoms with Crippen LogP contribution in [0.3, 0.4) is 0 Å². The molecule has 7 nitrogen and oxygen atoms in total. The first kappa shape index (κ1) is 14.5. The fourth-order valence-corrected chi connectivity index (χ4v) is 2.91. The molecule has 0 aromatic carbocycles. The van der Waals surface area contributed by atoms with Crippen molar-refractivity contribution in [2.75, 3.05) is 13.1 Å². The van der Waals surface area contributed by atoms with Gasteiger partial charge in [0, 0.05) is 24.8 Å². The zero-order chi connectivity index (χ0) is 15.5. The minimum Gasteiger partial charge on any atom is -0.337 e. The average molecular weight is 301 g/mol. The summed E-state index contributed by atoms with van der Waals surface area (Å²) in [5.74, 6) is 0.293. The van der Waals surface area contributed by atoms with E-state index in [2.05, 4.69) is 20.4 Å². The highest BCUT2D eigenvalue weighted by Crippen LogP contribution is 2.22. The van der Waals surface area contributed by atoms with Crippen molar-refractivity contribution in [2.24, 2.45) is 5.92 Å². The first-order chi connectivity index (χ1) is 10.6. The smallest absolute Gasteiger partial charge is 0.274 e. The quantitative estimate of drug-likeness (QED) is 0.880. The highest BCUT2D eigenvalue weighted by Gasteiger charge is 2.26. The Morgan fingerprint density at radius 3 is 2.95 bits per heavy atom. The summed E-state index contributed by atoms with van der Waals surface area (Å²) in [6, 6.07) is 2.81. The average Bonchev–Trinajstić information content (AvgIpc) is 2.93. The number of hydrogen-bond donors (Lipinski definition) is 2. The third kappa shape index (κ3) is 3.08. The molecule has 0 unspecified atom stereocenters. The number of rotatable bonds is 3. The Hall–Kier alpha value is -2.44. The van der Waals surface area contributed by atoms with E-state index in [-0.39, 0.29) is 17.2 Å². The van der Waals surface area contributed by atoms with Crippen LogP contribution in [-0.2, 0) is 6.42 Å². The summed E-state index contributed by atoms with van der Waals surface area (Å²) in [5.41, 5.74) is 2.29. The lowest BCUT2D eigenvalue weighted by Crippen LogP contribution is -2.41. The number of aromatic amines is 2. The maximum Gasteiger partial charge on any atom is 0.274 e. The lowest BCUT2D eigenvalue weighted by Gasteiger charge is -2.32. The van der Waals surface area contributed by atoms with E-state index < -0.39 is 0 Å². The molecule has 1 saturated heterocycles. The number of H-pyrrole nitrogens is 2. The fraction of sp³-hybridized carbons (Fsp3) is 0.467. The van der Waals surface area contributed by atoms with Crippen LogP contribution >= 0.6 is 0 Å². The van der Waals surface area contributed by atoms with Gasteiger partial charge in [0.05, 0.1) is 6.20 Å². The monoisotopic (exact) mass is 301 g/mol. The summed E-state index contributed by atoms with van der Waals surface area (Å²) in [5, 5.41) is 13.2. The van der Waals surface area contributed by atoms with Crippen LogP contribution in [0.15, 0.2) is 23.1 Å². The number of amides is 1. The van der Waals surface area contributed by atoms with Crippen LogP contribution in [0.2, 0.25) is 0 Å². The van der Waals surface area contributed by atoms with Gasteiger partial charge in [0.1, 0.15) is 5.69 Å². The number of piperidine rings is 1. The Morgan fingerprint density at radius 1 is 1.41 bits per heavy atom. The molecule has 1 amide bonds. The molecule has 3 rings (SSSR count). The Labute approximate surface area is 127 Å². The highest BCUT2D eigenvalue weighted by atomic mass is 16.2. The van der Waals surface area contributed by atoms with Gasteiger partial charge >= 0.3 is 0 Å². The van der Waals surface area contributed by atoms with Crippen molar-refractivity contribution in [1.82, 2.24) is 25.3 Å². The summed E-state index contributed by atoms with van der Waals surface area (Å²) < 4.78 is 0. The van der Waals surface area contributed by atoms with E-state index in [1.807, 2.05) is 18.0 Å². The van der Waals surface area contributed by atoms with E-state index in [9.17, 15) is 9.59 Å². The largest absolute Gasteiger partial charge is 0.337 e. The van der Waals surface area contributed by atoms with Crippen molar-refractivity contribution in [3.8, 4) is 0 Å². The highest BCUT2D eigenvalue weighted by molar-refractivity contribution is 5.92. The van der Waals surface area contributed by atoms with Gasteiger partial charge in [-0.15, -0.1) is 0 Å². The van der Waals surface area contributed by atoms with Crippen LogP contribution in [0.1, 0.15) is 34.6 Å². The number of aromatic nitrogens is 4. The van der Waals surface area contributed by atoms with Gasteiger partial charge in [-0.3, -0.25) is 14.7 Å². The van der Waals surface area contributed by atoms with E-state index in [1.165, 1.54) is 12.1 Å². The van der Waals surface area contributed by atoms with Gasteiger partial charge in [-0.25, -0.2) is 5.10 Å². The number of nitrogens with zero attached hydrogens (tertiary/aromatic N) is 3. The van der Waals surface area contributed by atoms with Crippen molar-refractivity contribution in [1.29, 1.82) is 0 Å². The van der Waals surface area contributed by atoms with E-state index in [0.717, 1.165) is 37.1 Å². The molecule has 7 heteroatoms. The van der Waals surface area contributed by atoms with Crippen molar-refractivity contribution in [3.05, 3.63) is 45.6 Å². The van der Waals surface area contributed by atoms with Gasteiger partial charge in [0.2, 0.25) is 0 Å². The zero-order valence-corrected chi connectivity index (χ0v) is 12.5. The number of carbonyl (C=O) groups excluding carboxylic acids is 1. The van der Waals surface area contributed by atoms with E-state index >= 15 is 0 Å². The fourth-order valence-electron chi connectivity index (χ4n) is 2.91. The molecule has 1 aliphatic rings. The van der Waals surface area contributed by atoms with Crippen LogP contribution in [0, 0.1) is 12.8 Å². The molecular weight excluding hydrogens is 282 g/mol. The van der Waals surface area contributed by atoms with Gasteiger partial charge in [-0.05, 0) is 43.7 Å². The Bertz CT molecular complexity index is 700. The van der Waals surface area contributed by atoms with E-state index in [4.69, 9.17) is 0 Å². The number of hydrogen-bond acceptors (Lipinski definition) is 4. The molecular formula is C15H19N5O2. The molecule has 1 fully saturated rings. The summed E-state index contributed by atoms with van der Waals surface area (Å²) in [6.45, 7) is 3.48. The molecule has 116 valence electrons. The topological polar surface area (TPSA) is 94.7 Å². The third-order valence-corrected chi connectivity index (χ3v) is 4.13. The molecule has 1 aliphatic heterocycles. The van der Waals surface area contributed by atoms with Crippen molar-refractivity contribution < 1.29 is 4.79 Å². The number of aryl methyl sites for hydroxylation is 1. The first-order valence-corrected chi connectivity index (χ1v) is 7.47. The molecule has 0 bridgehead atoms. The molecule has 2 aromatic rings. The molecule has 2 aromatic heterocycles. The van der Waals surface area contributed by atoms with Crippen LogP contribution in [0.4, 0.5) is 0 Å². The van der Waals surface area contributed by atoms with Crippen LogP contribution < -0.4 is 5.56 Å². The number of carbonyl (C=O) groups is 1. The molecule has 0 saturated carbocycles. The lowest BCUT2D eigenvalue weighted by molar-refractivity contribution is 0.0665. The molecule has 1 atom stereocenters. The third-order valence-electron chi connectivity index (χ3n) is 4.13. The maximum atomic E-state index is 12.4. The van der Waals surface area contributed by atoms with Gasteiger partial charge < -0.3 is 4.90 Å². The maximum absolute atomic E-state index is 12.4. The summed E-state index contributed by atoms with van der Waals surface area (Å²) >= 11 is 0. The second kappa shape index (κ2) is 6.13. The second-order valence-electron chi connectivity index (χ2n) is 5.80. The predicted molar refractivity (Wildman–Crippen MR) is 80.5 cm³/mol. The van der Waals surface area contributed by atoms with Gasteiger partial charge in [0.15, 0.2) is 0 Å². The molecule has 2 N–H and O–H groups in total. The number of nitrogens with one attached hydrogen (secondary N) is 2. The first-order valence-electron chi connectivity index (χ1n) is 7.47. The summed E-state index contributed by atoms with van der Waals surface area (Å²) in [7, 11) is 0. The minimum absolute atomic E-state index is 0.123. The minimum atomic E-state index is -0.303. The summed E-state index contributed by atoms with van der Waals surface area (Å²) in [6.07, 6.45) is 4.80. The molecule has 0 radical (unpaired) electrons. The van der Waals surface area contributed by atoms with Crippen LogP contribution in [0.5, 0.6) is 0 Å². The van der Waals surface area contributed by atoms with Crippen molar-refractivity contribution in [3.63, 3.8) is 0 Å². The van der Waals surface area contributed by atoms with Crippen molar-refractivity contribution in [2.45, 2.75) is 26.2 Å². The van der Waals surface area contributed by atoms with E-state index in [1.54, 1.807) is 0 Å². The molecule has 0 aliphatic carbocycles. The molecule has 0 spiro atoms. The summed E-state index contributed by atoms with van der Waals surface area (Å²) in [4.78, 5) is 25.3. The Balaban J connectivity index is 1.67. The standard InChI is InChI=1S/C15H19N5O2/c1-10-8-16-17-13(10)7-11-3-2-6-20(9-11)15(22)12-4-5-14(21)19-18-12/h4-5,8,11H,2-3,6-7,9H2,1H3,(H,16,17)(H,19,21)/t11-/m0/s1. The van der Waals surface area contributed by atoms with Gasteiger partial charge in [-0.1, -0.05) is 0 Å². The van der Waals surface area contributed by atoms with Crippen LogP contribution in [-0.4, -0.2) is 44.3 Å². The zero-order valence-electron chi connectivity index (χ0n) is 12.5. The van der Waals surface area contributed by atoms with E-state index in [0.29, 0.717) is 12.5 Å². The van der Waals surface area contributed by atoms with Gasteiger partial charge in [-0.2, -0.15) is 10.2 Å². The second-order valence-corrected chi connectivity index (χ2v) is 5.80. The Morgan fingerprint density at radius 2 is 2.27 bits per heavy atom.